The lowest BCUT2D eigenvalue weighted by Gasteiger charge is -2.27. The molecule has 238 valence electrons. The lowest BCUT2D eigenvalue weighted by atomic mass is 9.81. The number of halogens is 6. The van der Waals surface area contributed by atoms with Crippen molar-refractivity contribution in [2.75, 3.05) is 10.6 Å². The number of carbonyl (C=O) groups is 2. The molecule has 0 heterocycles. The van der Waals surface area contributed by atoms with E-state index in [4.69, 9.17) is 0 Å². The predicted molar refractivity (Wildman–Crippen MR) is 162 cm³/mol. The molecule has 0 spiro atoms. The lowest BCUT2D eigenvalue weighted by molar-refractivity contribution is -0.139. The molecule has 1 amide bonds. The van der Waals surface area contributed by atoms with Crippen LogP contribution in [0.2, 0.25) is 0 Å². The van der Waals surface area contributed by atoms with Gasteiger partial charge in [0.05, 0.1) is 11.1 Å². The van der Waals surface area contributed by atoms with E-state index in [0.29, 0.717) is 41.9 Å². The fraction of sp³-hybridized carbons (Fsp3) is 0.412. The van der Waals surface area contributed by atoms with Crippen LogP contribution in [0, 0.1) is 12.3 Å². The Kier molecular flexibility index (Phi) is 9.97. The molecule has 0 saturated carbocycles. The van der Waals surface area contributed by atoms with Gasteiger partial charge in [-0.15, -0.1) is 0 Å². The normalized spacial score (nSPS) is 12.7. The summed E-state index contributed by atoms with van der Waals surface area (Å²) in [6.45, 7) is 13.1. The largest absolute Gasteiger partial charge is 0.417 e. The number of benzene rings is 3. The fourth-order valence-corrected chi connectivity index (χ4v) is 4.78. The van der Waals surface area contributed by atoms with E-state index in [0.717, 1.165) is 30.7 Å². The smallest absolute Gasteiger partial charge is 0.380 e. The first-order chi connectivity index (χ1) is 20.2. The average Bonchev–Trinajstić information content (AvgIpc) is 2.92. The molecule has 44 heavy (non-hydrogen) atoms. The fourth-order valence-electron chi connectivity index (χ4n) is 4.78. The van der Waals surface area contributed by atoms with E-state index in [1.165, 1.54) is 6.07 Å². The number of rotatable bonds is 10. The van der Waals surface area contributed by atoms with Gasteiger partial charge >= 0.3 is 12.4 Å². The zero-order valence-corrected chi connectivity index (χ0v) is 25.9. The highest BCUT2D eigenvalue weighted by Crippen LogP contribution is 2.44. The molecule has 0 aliphatic rings. The van der Waals surface area contributed by atoms with Crippen LogP contribution in [0.25, 0.3) is 11.1 Å². The van der Waals surface area contributed by atoms with E-state index >= 15 is 0 Å². The molecule has 10 heteroatoms. The molecule has 0 radical (unpaired) electrons. The highest BCUT2D eigenvalue weighted by molar-refractivity contribution is 6.06. The van der Waals surface area contributed by atoms with Crippen LogP contribution in [0.15, 0.2) is 48.5 Å². The van der Waals surface area contributed by atoms with Gasteiger partial charge in [0.2, 0.25) is 0 Å². The summed E-state index contributed by atoms with van der Waals surface area (Å²) in [5, 5.41) is 5.45. The first-order valence-corrected chi connectivity index (χ1v) is 14.3. The van der Waals surface area contributed by atoms with Crippen molar-refractivity contribution >= 4 is 23.6 Å². The number of hydrogen-bond acceptors (Lipinski definition) is 3. The zero-order chi connectivity index (χ0) is 33.3. The summed E-state index contributed by atoms with van der Waals surface area (Å²) in [6, 6.07) is 9.00. The molecule has 0 fully saturated rings. The van der Waals surface area contributed by atoms with Gasteiger partial charge in [-0.25, -0.2) is 0 Å². The minimum absolute atomic E-state index is 0.128. The maximum Gasteiger partial charge on any atom is 0.417 e. The Labute approximate surface area is 254 Å². The van der Waals surface area contributed by atoms with E-state index in [1.807, 2.05) is 27.7 Å². The standard InChI is InChI=1S/C34H38F6N2O2/c1-8-31(4,5)18-21-15-27(20(3)14-22(21)19-43)30(44)41-23-10-12-25(28(16-23)33(35,36)37)26-13-11-24(42-32(6,7)9-2)17-29(26)34(38,39)40/h10-17,19,42H,8-9,18H2,1-7H3,(H,41,44). The Morgan fingerprint density at radius 1 is 0.773 bits per heavy atom. The van der Waals surface area contributed by atoms with Crippen LogP contribution in [0.4, 0.5) is 37.7 Å². The highest BCUT2D eigenvalue weighted by Gasteiger charge is 2.39. The maximum absolute atomic E-state index is 14.3. The van der Waals surface area contributed by atoms with Gasteiger partial charge in [-0.3, -0.25) is 9.59 Å². The van der Waals surface area contributed by atoms with Gasteiger partial charge in [0.25, 0.3) is 5.91 Å². The molecule has 3 aromatic carbocycles. The molecule has 0 bridgehead atoms. The van der Waals surface area contributed by atoms with Crippen LogP contribution >= 0.6 is 0 Å². The first-order valence-electron chi connectivity index (χ1n) is 14.3. The third kappa shape index (κ3) is 8.21. The van der Waals surface area contributed by atoms with Gasteiger partial charge < -0.3 is 10.6 Å². The number of aldehydes is 1. The van der Waals surface area contributed by atoms with Crippen LogP contribution in [0.1, 0.15) is 97.4 Å². The summed E-state index contributed by atoms with van der Waals surface area (Å²) in [6.07, 6.45) is -7.36. The van der Waals surface area contributed by atoms with E-state index in [-0.39, 0.29) is 22.4 Å². The van der Waals surface area contributed by atoms with Gasteiger partial charge in [0, 0.05) is 28.0 Å². The third-order valence-corrected chi connectivity index (χ3v) is 8.05. The molecular weight excluding hydrogens is 582 g/mol. The second-order valence-corrected chi connectivity index (χ2v) is 12.5. The minimum Gasteiger partial charge on any atom is -0.380 e. The third-order valence-electron chi connectivity index (χ3n) is 8.05. The number of alkyl halides is 6. The van der Waals surface area contributed by atoms with Gasteiger partial charge in [-0.2, -0.15) is 26.3 Å². The van der Waals surface area contributed by atoms with Crippen molar-refractivity contribution in [1.29, 1.82) is 0 Å². The van der Waals surface area contributed by atoms with E-state index in [2.05, 4.69) is 10.6 Å². The van der Waals surface area contributed by atoms with Crippen molar-refractivity contribution in [2.45, 2.75) is 85.6 Å². The number of nitrogens with one attached hydrogen (secondary N) is 2. The van der Waals surface area contributed by atoms with Gasteiger partial charge in [0.1, 0.15) is 6.29 Å². The van der Waals surface area contributed by atoms with Crippen LogP contribution < -0.4 is 10.6 Å². The molecule has 2 N–H and O–H groups in total. The molecular formula is C34H38F6N2O2. The Bertz CT molecular complexity index is 1540. The Morgan fingerprint density at radius 3 is 1.77 bits per heavy atom. The van der Waals surface area contributed by atoms with Crippen molar-refractivity contribution in [3.8, 4) is 11.1 Å². The molecule has 0 aliphatic heterocycles. The quantitative estimate of drug-likeness (QED) is 0.175. The van der Waals surface area contributed by atoms with Gasteiger partial charge in [-0.05, 0) is 97.7 Å². The number of aryl methyl sites for hydroxylation is 1. The highest BCUT2D eigenvalue weighted by atomic mass is 19.4. The Morgan fingerprint density at radius 2 is 1.30 bits per heavy atom. The van der Waals surface area contributed by atoms with Crippen LogP contribution in [-0.4, -0.2) is 17.7 Å². The predicted octanol–water partition coefficient (Wildman–Crippen LogP) is 10.3. The Balaban J connectivity index is 2.07. The molecule has 3 aromatic rings. The summed E-state index contributed by atoms with van der Waals surface area (Å²) in [7, 11) is 0. The topological polar surface area (TPSA) is 58.2 Å². The minimum atomic E-state index is -5.03. The van der Waals surface area contributed by atoms with Crippen LogP contribution in [0.3, 0.4) is 0 Å². The monoisotopic (exact) mass is 620 g/mol. The second-order valence-electron chi connectivity index (χ2n) is 12.5. The summed E-state index contributed by atoms with van der Waals surface area (Å²) in [5.74, 6) is -0.707. The molecule has 4 nitrogen and oxygen atoms in total. The number of anilines is 2. The van der Waals surface area contributed by atoms with Crippen molar-refractivity contribution < 1.29 is 35.9 Å². The molecule has 0 saturated heterocycles. The molecule has 0 atom stereocenters. The lowest BCUT2D eigenvalue weighted by Crippen LogP contribution is -2.29. The van der Waals surface area contributed by atoms with Gasteiger partial charge in [-0.1, -0.05) is 46.2 Å². The zero-order valence-electron chi connectivity index (χ0n) is 25.9. The molecule has 0 aliphatic carbocycles. The average molecular weight is 621 g/mol. The van der Waals surface area contributed by atoms with Crippen molar-refractivity contribution in [3.63, 3.8) is 0 Å². The first kappa shape index (κ1) is 34.7. The maximum atomic E-state index is 14.3. The number of amides is 1. The van der Waals surface area contributed by atoms with Crippen LogP contribution in [0.5, 0.6) is 0 Å². The molecule has 0 aromatic heterocycles. The van der Waals surface area contributed by atoms with Crippen molar-refractivity contribution in [1.82, 2.24) is 0 Å². The molecule has 3 rings (SSSR count). The molecule has 0 unspecified atom stereocenters. The summed E-state index contributed by atoms with van der Waals surface area (Å²) in [5.41, 5.74) is -2.99. The van der Waals surface area contributed by atoms with Crippen LogP contribution in [-0.2, 0) is 18.8 Å². The number of carbonyl (C=O) groups excluding carboxylic acids is 2. The Hall–Kier alpha value is -3.82. The van der Waals surface area contributed by atoms with Crippen molar-refractivity contribution in [3.05, 3.63) is 81.9 Å². The second kappa shape index (κ2) is 12.7. The van der Waals surface area contributed by atoms with E-state index < -0.39 is 46.1 Å². The summed E-state index contributed by atoms with van der Waals surface area (Å²) >= 11 is 0. The number of hydrogen-bond donors (Lipinski definition) is 2. The summed E-state index contributed by atoms with van der Waals surface area (Å²) in [4.78, 5) is 25.0. The SMILES string of the molecule is CCC(C)(C)Cc1cc(C(=O)Nc2ccc(-c3ccc(NC(C)(C)CC)cc3C(F)(F)F)c(C(F)(F)F)c2)c(C)cc1C=O. The van der Waals surface area contributed by atoms with Gasteiger partial charge in [0.15, 0.2) is 0 Å². The summed E-state index contributed by atoms with van der Waals surface area (Å²) < 4.78 is 85.4. The van der Waals surface area contributed by atoms with Crippen molar-refractivity contribution in [2.24, 2.45) is 5.41 Å². The van der Waals surface area contributed by atoms with E-state index in [9.17, 15) is 35.9 Å². The van der Waals surface area contributed by atoms with E-state index in [1.54, 1.807) is 32.9 Å².